The molecule has 0 N–H and O–H groups in total. The molecule has 3 aromatic heterocycles. The van der Waals surface area contributed by atoms with Crippen molar-refractivity contribution in [2.75, 3.05) is 0 Å². The summed E-state index contributed by atoms with van der Waals surface area (Å²) in [6.45, 7) is 0. The number of benzene rings is 6. The highest BCUT2D eigenvalue weighted by molar-refractivity contribution is 6.12. The number of para-hydroxylation sites is 3. The highest BCUT2D eigenvalue weighted by atomic mass is 15.1. The molecular formula is C42H26N4. The van der Waals surface area contributed by atoms with Crippen LogP contribution in [0.4, 0.5) is 0 Å². The van der Waals surface area contributed by atoms with E-state index in [9.17, 15) is 5.26 Å². The number of pyridine rings is 1. The molecule has 0 aliphatic heterocycles. The van der Waals surface area contributed by atoms with Gasteiger partial charge in [-0.25, -0.2) is 4.98 Å². The van der Waals surface area contributed by atoms with Crippen molar-refractivity contribution >= 4 is 43.6 Å². The van der Waals surface area contributed by atoms with E-state index in [0.29, 0.717) is 11.4 Å². The minimum atomic E-state index is 0.532. The topological polar surface area (TPSA) is 46.5 Å². The van der Waals surface area contributed by atoms with Crippen LogP contribution >= 0.6 is 0 Å². The average Bonchev–Trinajstić information content (AvgIpc) is 3.64. The van der Waals surface area contributed by atoms with Crippen molar-refractivity contribution in [2.45, 2.75) is 0 Å². The number of fused-ring (bicyclic) bond motifs is 6. The van der Waals surface area contributed by atoms with E-state index in [0.717, 1.165) is 49.7 Å². The lowest BCUT2D eigenvalue weighted by Gasteiger charge is -2.11. The second-order valence-corrected chi connectivity index (χ2v) is 11.6. The maximum Gasteiger partial charge on any atom is 0.155 e. The van der Waals surface area contributed by atoms with Gasteiger partial charge in [-0.3, -0.25) is 4.57 Å². The molecule has 0 aliphatic carbocycles. The molecule has 0 unspecified atom stereocenters. The van der Waals surface area contributed by atoms with Crippen LogP contribution < -0.4 is 0 Å². The third-order valence-corrected chi connectivity index (χ3v) is 9.00. The Morgan fingerprint density at radius 3 is 1.78 bits per heavy atom. The first-order valence-electron chi connectivity index (χ1n) is 15.4. The minimum absolute atomic E-state index is 0.532. The Kier molecular flexibility index (Phi) is 5.84. The van der Waals surface area contributed by atoms with Gasteiger partial charge in [0.05, 0.1) is 27.6 Å². The van der Waals surface area contributed by atoms with Gasteiger partial charge in [-0.15, -0.1) is 0 Å². The average molecular weight is 587 g/mol. The molecule has 0 saturated carbocycles. The monoisotopic (exact) mass is 586 g/mol. The molecule has 9 rings (SSSR count). The molecule has 0 radical (unpaired) electrons. The lowest BCUT2D eigenvalue weighted by molar-refractivity contribution is 1.07. The molecule has 9 aromatic rings. The number of hydrogen-bond donors (Lipinski definition) is 0. The summed E-state index contributed by atoms with van der Waals surface area (Å²) in [7, 11) is 0. The zero-order valence-corrected chi connectivity index (χ0v) is 24.8. The molecule has 0 atom stereocenters. The zero-order valence-electron chi connectivity index (χ0n) is 24.8. The van der Waals surface area contributed by atoms with Gasteiger partial charge in [-0.2, -0.15) is 5.26 Å². The number of hydrogen-bond acceptors (Lipinski definition) is 2. The largest absolute Gasteiger partial charge is 0.309 e. The minimum Gasteiger partial charge on any atom is -0.309 e. The number of aromatic nitrogens is 3. The van der Waals surface area contributed by atoms with Gasteiger partial charge in [0, 0.05) is 39.0 Å². The second kappa shape index (κ2) is 10.3. The van der Waals surface area contributed by atoms with Crippen molar-refractivity contribution in [2.24, 2.45) is 0 Å². The van der Waals surface area contributed by atoms with Gasteiger partial charge in [-0.05, 0) is 65.2 Å². The molecule has 4 nitrogen and oxygen atoms in total. The van der Waals surface area contributed by atoms with Crippen LogP contribution in [0.1, 0.15) is 5.56 Å². The third-order valence-electron chi connectivity index (χ3n) is 9.00. The molecule has 4 heteroatoms. The predicted molar refractivity (Wildman–Crippen MR) is 189 cm³/mol. The molecule has 0 bridgehead atoms. The smallest absolute Gasteiger partial charge is 0.155 e. The summed E-state index contributed by atoms with van der Waals surface area (Å²) in [5.41, 5.74) is 10.3. The van der Waals surface area contributed by atoms with Crippen molar-refractivity contribution in [3.05, 3.63) is 163 Å². The fourth-order valence-corrected chi connectivity index (χ4v) is 6.89. The van der Waals surface area contributed by atoms with Crippen LogP contribution in [0.15, 0.2) is 158 Å². The van der Waals surface area contributed by atoms with Crippen LogP contribution in [0, 0.1) is 11.3 Å². The van der Waals surface area contributed by atoms with E-state index < -0.39 is 0 Å². The SMILES string of the molecule is N#Cc1cc(-c2ccccc2)cnc1-n1c2ccccc2c2ccc(-c3ccc4c(c3)c3ccccc3n4-c3ccccc3)cc21. The van der Waals surface area contributed by atoms with Gasteiger partial charge in [0.25, 0.3) is 0 Å². The standard InChI is InChI=1S/C42H26N4/c43-26-31-23-32(28-11-3-1-4-12-28)27-44-42(31)46-39-18-10-7-15-34(39)36-21-19-30(25-41(36)46)29-20-22-40-37(24-29)35-16-8-9-17-38(35)45(40)33-13-5-2-6-14-33/h1-25,27H. The molecule has 0 aliphatic rings. The fraction of sp³-hybridized carbons (Fsp3) is 0. The molecule has 0 saturated heterocycles. The number of rotatable bonds is 4. The van der Waals surface area contributed by atoms with Crippen molar-refractivity contribution < 1.29 is 0 Å². The van der Waals surface area contributed by atoms with Crippen molar-refractivity contribution in [3.8, 4) is 39.8 Å². The number of nitriles is 1. The molecular weight excluding hydrogens is 560 g/mol. The van der Waals surface area contributed by atoms with E-state index in [4.69, 9.17) is 4.98 Å². The van der Waals surface area contributed by atoms with Crippen molar-refractivity contribution in [1.82, 2.24) is 14.1 Å². The van der Waals surface area contributed by atoms with Crippen LogP contribution in [0.2, 0.25) is 0 Å². The zero-order chi connectivity index (χ0) is 30.6. The molecule has 6 aromatic carbocycles. The molecule has 46 heavy (non-hydrogen) atoms. The summed E-state index contributed by atoms with van der Waals surface area (Å²) in [6.07, 6.45) is 1.87. The quantitative estimate of drug-likeness (QED) is 0.206. The first kappa shape index (κ1) is 26.0. The normalized spacial score (nSPS) is 11.5. The maximum absolute atomic E-state index is 10.3. The Morgan fingerprint density at radius 2 is 1.02 bits per heavy atom. The van der Waals surface area contributed by atoms with Gasteiger partial charge >= 0.3 is 0 Å². The Morgan fingerprint density at radius 1 is 0.435 bits per heavy atom. The van der Waals surface area contributed by atoms with E-state index in [-0.39, 0.29) is 0 Å². The van der Waals surface area contributed by atoms with E-state index in [2.05, 4.69) is 124 Å². The predicted octanol–water partition coefficient (Wildman–Crippen LogP) is 10.5. The fourth-order valence-electron chi connectivity index (χ4n) is 6.89. The molecule has 214 valence electrons. The highest BCUT2D eigenvalue weighted by Gasteiger charge is 2.18. The van der Waals surface area contributed by atoms with Crippen molar-refractivity contribution in [3.63, 3.8) is 0 Å². The van der Waals surface area contributed by atoms with Crippen LogP contribution in [0.25, 0.3) is 77.4 Å². The first-order valence-corrected chi connectivity index (χ1v) is 15.4. The molecule has 0 amide bonds. The van der Waals surface area contributed by atoms with E-state index in [1.165, 1.54) is 21.8 Å². The van der Waals surface area contributed by atoms with Crippen LogP contribution in [0.5, 0.6) is 0 Å². The van der Waals surface area contributed by atoms with E-state index in [1.54, 1.807) is 0 Å². The summed E-state index contributed by atoms with van der Waals surface area (Å²) < 4.78 is 4.48. The van der Waals surface area contributed by atoms with Gasteiger partial charge in [-0.1, -0.05) is 103 Å². The first-order chi connectivity index (χ1) is 22.8. The van der Waals surface area contributed by atoms with Crippen LogP contribution in [-0.4, -0.2) is 14.1 Å². The third kappa shape index (κ3) is 3.96. The summed E-state index contributed by atoms with van der Waals surface area (Å²) in [4.78, 5) is 4.92. The van der Waals surface area contributed by atoms with Gasteiger partial charge < -0.3 is 4.57 Å². The van der Waals surface area contributed by atoms with E-state index >= 15 is 0 Å². The summed E-state index contributed by atoms with van der Waals surface area (Å²) in [5, 5.41) is 15.0. The Labute approximate surface area is 265 Å². The summed E-state index contributed by atoms with van der Waals surface area (Å²) in [6, 6.07) is 55.3. The van der Waals surface area contributed by atoms with Gasteiger partial charge in [0.15, 0.2) is 5.82 Å². The summed E-state index contributed by atoms with van der Waals surface area (Å²) in [5.74, 6) is 0.631. The van der Waals surface area contributed by atoms with Gasteiger partial charge in [0.2, 0.25) is 0 Å². The maximum atomic E-state index is 10.3. The Hall–Kier alpha value is -6.44. The Bertz CT molecular complexity index is 2640. The highest BCUT2D eigenvalue weighted by Crippen LogP contribution is 2.38. The van der Waals surface area contributed by atoms with Gasteiger partial charge in [0.1, 0.15) is 6.07 Å². The lowest BCUT2D eigenvalue weighted by Crippen LogP contribution is -2.01. The number of nitrogens with zero attached hydrogens (tertiary/aromatic N) is 4. The van der Waals surface area contributed by atoms with Crippen LogP contribution in [-0.2, 0) is 0 Å². The lowest BCUT2D eigenvalue weighted by atomic mass is 10.0. The molecule has 0 spiro atoms. The van der Waals surface area contributed by atoms with Crippen LogP contribution in [0.3, 0.4) is 0 Å². The summed E-state index contributed by atoms with van der Waals surface area (Å²) >= 11 is 0. The van der Waals surface area contributed by atoms with Crippen molar-refractivity contribution in [1.29, 1.82) is 5.26 Å². The Balaban J connectivity index is 1.26. The second-order valence-electron chi connectivity index (χ2n) is 11.6. The van der Waals surface area contributed by atoms with E-state index in [1.807, 2.05) is 48.7 Å². The molecule has 0 fully saturated rings. The molecule has 3 heterocycles.